The van der Waals surface area contributed by atoms with Crippen LogP contribution in [0, 0.1) is 0 Å². The van der Waals surface area contributed by atoms with E-state index in [-0.39, 0.29) is 16.8 Å². The molecule has 26 heavy (non-hydrogen) atoms. The van der Waals surface area contributed by atoms with Crippen LogP contribution in [0.5, 0.6) is 0 Å². The van der Waals surface area contributed by atoms with Crippen LogP contribution in [0.25, 0.3) is 0 Å². The van der Waals surface area contributed by atoms with E-state index < -0.39 is 10.0 Å². The summed E-state index contributed by atoms with van der Waals surface area (Å²) in [7, 11) is -1.48. The molecule has 1 N–H and O–H groups in total. The number of likely N-dealkylation sites (tertiary alicyclic amines) is 1. The highest BCUT2D eigenvalue weighted by Gasteiger charge is 2.24. The van der Waals surface area contributed by atoms with Gasteiger partial charge in [0.25, 0.3) is 5.91 Å². The highest BCUT2D eigenvalue weighted by Crippen LogP contribution is 2.18. The van der Waals surface area contributed by atoms with Crippen LogP contribution in [-0.4, -0.2) is 62.8 Å². The molecular formula is C19H31N3O3S. The van der Waals surface area contributed by atoms with Gasteiger partial charge in [0.05, 0.1) is 4.90 Å². The van der Waals surface area contributed by atoms with Crippen LogP contribution in [0.2, 0.25) is 0 Å². The molecule has 1 heterocycles. The van der Waals surface area contributed by atoms with Gasteiger partial charge in [-0.05, 0) is 57.1 Å². The van der Waals surface area contributed by atoms with Crippen LogP contribution >= 0.6 is 0 Å². The Morgan fingerprint density at radius 3 is 2.42 bits per heavy atom. The first-order valence-corrected chi connectivity index (χ1v) is 10.9. The third kappa shape index (κ3) is 5.28. The van der Waals surface area contributed by atoms with Crippen molar-refractivity contribution in [2.24, 2.45) is 0 Å². The largest absolute Gasteiger partial charge is 0.348 e. The number of nitrogens with one attached hydrogen (secondary N) is 1. The molecule has 1 fully saturated rings. The first-order chi connectivity index (χ1) is 12.4. The van der Waals surface area contributed by atoms with Crippen LogP contribution in [-0.2, 0) is 10.0 Å². The van der Waals surface area contributed by atoms with Crippen LogP contribution in [0.4, 0.5) is 0 Å². The predicted molar refractivity (Wildman–Crippen MR) is 104 cm³/mol. The number of sulfonamides is 1. The fourth-order valence-corrected chi connectivity index (χ4v) is 4.76. The molecule has 1 atom stereocenters. The van der Waals surface area contributed by atoms with E-state index in [1.807, 2.05) is 20.9 Å². The number of unbranched alkanes of at least 4 members (excludes halogenated alkanes) is 1. The lowest BCUT2D eigenvalue weighted by molar-refractivity contribution is 0.0938. The fourth-order valence-electron chi connectivity index (χ4n) is 3.18. The number of amides is 1. The summed E-state index contributed by atoms with van der Waals surface area (Å²) < 4.78 is 27.2. The van der Waals surface area contributed by atoms with Gasteiger partial charge in [0.1, 0.15) is 0 Å². The summed E-state index contributed by atoms with van der Waals surface area (Å²) >= 11 is 0. The van der Waals surface area contributed by atoms with Crippen molar-refractivity contribution in [1.29, 1.82) is 0 Å². The Balaban J connectivity index is 2.07. The first kappa shape index (κ1) is 20.9. The first-order valence-electron chi connectivity index (χ1n) is 9.48. The van der Waals surface area contributed by atoms with Crippen molar-refractivity contribution in [2.45, 2.75) is 50.5 Å². The van der Waals surface area contributed by atoms with E-state index in [1.165, 1.54) is 0 Å². The second kappa shape index (κ2) is 9.48. The van der Waals surface area contributed by atoms with E-state index in [4.69, 9.17) is 0 Å². The molecule has 0 spiro atoms. The quantitative estimate of drug-likeness (QED) is 0.713. The number of hydrogen-bond acceptors (Lipinski definition) is 4. The molecule has 146 valence electrons. The molecule has 0 aliphatic carbocycles. The van der Waals surface area contributed by atoms with Gasteiger partial charge in [-0.3, -0.25) is 4.79 Å². The van der Waals surface area contributed by atoms with Crippen molar-refractivity contribution >= 4 is 15.9 Å². The molecule has 0 bridgehead atoms. The maximum Gasteiger partial charge on any atom is 0.251 e. The number of carbonyl (C=O) groups excluding carboxylic acids is 1. The number of nitrogens with zero attached hydrogens (tertiary/aromatic N) is 2. The third-order valence-corrected chi connectivity index (χ3v) is 6.63. The van der Waals surface area contributed by atoms with E-state index in [1.54, 1.807) is 28.6 Å². The standard InChI is InChI=1S/C19H31N3O3S/c1-4-6-13-22(12-5-2)26(24,25)18-9-7-16(8-10-18)19(23)20-17-11-14-21(3)15-17/h7-10,17H,4-6,11-15H2,1-3H3,(H,20,23). The summed E-state index contributed by atoms with van der Waals surface area (Å²) in [6, 6.07) is 6.44. The Hall–Kier alpha value is -1.44. The van der Waals surface area contributed by atoms with Crippen molar-refractivity contribution in [3.63, 3.8) is 0 Å². The van der Waals surface area contributed by atoms with E-state index >= 15 is 0 Å². The highest BCUT2D eigenvalue weighted by atomic mass is 32.2. The number of rotatable bonds is 9. The smallest absolute Gasteiger partial charge is 0.251 e. The summed E-state index contributed by atoms with van der Waals surface area (Å²) in [6.45, 7) is 6.90. The summed E-state index contributed by atoms with van der Waals surface area (Å²) in [5.41, 5.74) is 0.495. The Bertz CT molecular complexity index is 688. The zero-order valence-corrected chi connectivity index (χ0v) is 16.9. The molecule has 6 nitrogen and oxygen atoms in total. The van der Waals surface area contributed by atoms with Gasteiger partial charge in [0.2, 0.25) is 10.0 Å². The minimum absolute atomic E-state index is 0.148. The Morgan fingerprint density at radius 2 is 1.88 bits per heavy atom. The van der Waals surface area contributed by atoms with E-state index in [2.05, 4.69) is 10.2 Å². The highest BCUT2D eigenvalue weighted by molar-refractivity contribution is 7.89. The van der Waals surface area contributed by atoms with Crippen LogP contribution in [0.3, 0.4) is 0 Å². The van der Waals surface area contributed by atoms with Gasteiger partial charge in [0.15, 0.2) is 0 Å². The number of hydrogen-bond donors (Lipinski definition) is 1. The normalized spacial score (nSPS) is 18.4. The van der Waals surface area contributed by atoms with Gasteiger partial charge in [-0.2, -0.15) is 4.31 Å². The molecule has 2 rings (SSSR count). The third-order valence-electron chi connectivity index (χ3n) is 4.71. The summed E-state index contributed by atoms with van der Waals surface area (Å²) in [5.74, 6) is -0.148. The van der Waals surface area contributed by atoms with Gasteiger partial charge in [-0.15, -0.1) is 0 Å². The lowest BCUT2D eigenvalue weighted by atomic mass is 10.2. The molecule has 1 aliphatic rings. The second-order valence-corrected chi connectivity index (χ2v) is 8.94. The summed E-state index contributed by atoms with van der Waals surface area (Å²) in [4.78, 5) is 14.8. The molecule has 1 aromatic rings. The average Bonchev–Trinajstić information content (AvgIpc) is 3.03. The Morgan fingerprint density at radius 1 is 1.19 bits per heavy atom. The number of carbonyl (C=O) groups is 1. The maximum atomic E-state index is 12.8. The zero-order valence-electron chi connectivity index (χ0n) is 16.1. The van der Waals surface area contributed by atoms with Crippen LogP contribution in [0.1, 0.15) is 49.9 Å². The van der Waals surface area contributed by atoms with Crippen molar-refractivity contribution in [2.75, 3.05) is 33.2 Å². The molecule has 1 aliphatic heterocycles. The molecule has 0 saturated carbocycles. The van der Waals surface area contributed by atoms with Gasteiger partial charge in [-0.1, -0.05) is 20.3 Å². The summed E-state index contributed by atoms with van der Waals surface area (Å²) in [6.07, 6.45) is 3.51. The average molecular weight is 382 g/mol. The van der Waals surface area contributed by atoms with Crippen LogP contribution < -0.4 is 5.32 Å². The van der Waals surface area contributed by atoms with Gasteiger partial charge >= 0.3 is 0 Å². The molecule has 0 aromatic heterocycles. The zero-order chi connectivity index (χ0) is 19.2. The Kier molecular flexibility index (Phi) is 7.61. The van der Waals surface area contributed by atoms with Crippen molar-refractivity contribution < 1.29 is 13.2 Å². The van der Waals surface area contributed by atoms with Gasteiger partial charge < -0.3 is 10.2 Å². The molecule has 7 heteroatoms. The number of likely N-dealkylation sites (N-methyl/N-ethyl adjacent to an activating group) is 1. The lowest BCUT2D eigenvalue weighted by Gasteiger charge is -2.21. The van der Waals surface area contributed by atoms with Gasteiger partial charge in [-0.25, -0.2) is 8.42 Å². The van der Waals surface area contributed by atoms with E-state index in [9.17, 15) is 13.2 Å². The van der Waals surface area contributed by atoms with Gasteiger partial charge in [0, 0.05) is 31.2 Å². The predicted octanol–water partition coefficient (Wildman–Crippen LogP) is 2.32. The van der Waals surface area contributed by atoms with E-state index in [0.29, 0.717) is 18.7 Å². The lowest BCUT2D eigenvalue weighted by Crippen LogP contribution is -2.36. The molecule has 0 radical (unpaired) electrons. The fraction of sp³-hybridized carbons (Fsp3) is 0.632. The molecule has 1 aromatic carbocycles. The number of benzene rings is 1. The van der Waals surface area contributed by atoms with E-state index in [0.717, 1.165) is 38.8 Å². The monoisotopic (exact) mass is 381 g/mol. The minimum atomic E-state index is -3.51. The molecular weight excluding hydrogens is 350 g/mol. The van der Waals surface area contributed by atoms with Crippen molar-refractivity contribution in [3.8, 4) is 0 Å². The maximum absolute atomic E-state index is 12.8. The van der Waals surface area contributed by atoms with Crippen LogP contribution in [0.15, 0.2) is 29.2 Å². The topological polar surface area (TPSA) is 69.7 Å². The molecule has 1 unspecified atom stereocenters. The minimum Gasteiger partial charge on any atom is -0.348 e. The molecule has 1 saturated heterocycles. The van der Waals surface area contributed by atoms with Crippen molar-refractivity contribution in [3.05, 3.63) is 29.8 Å². The summed E-state index contributed by atoms with van der Waals surface area (Å²) in [5, 5.41) is 3.01. The Labute approximate surface area is 157 Å². The SMILES string of the molecule is CCCCN(CCC)S(=O)(=O)c1ccc(C(=O)NC2CCN(C)C2)cc1. The van der Waals surface area contributed by atoms with Crippen molar-refractivity contribution in [1.82, 2.24) is 14.5 Å². The molecule has 1 amide bonds. The second-order valence-electron chi connectivity index (χ2n) is 7.00.